The molecule has 0 aliphatic rings. The van der Waals surface area contributed by atoms with Crippen molar-refractivity contribution >= 4 is 28.2 Å². The summed E-state index contributed by atoms with van der Waals surface area (Å²) in [6, 6.07) is 7.76. The Morgan fingerprint density at radius 3 is 2.81 bits per heavy atom. The lowest BCUT2D eigenvalue weighted by atomic mass is 10.1. The van der Waals surface area contributed by atoms with Crippen LogP contribution >= 0.6 is 11.6 Å². The molecule has 5 heteroatoms. The summed E-state index contributed by atoms with van der Waals surface area (Å²) < 4.78 is 0. The molecule has 3 aromatic rings. The van der Waals surface area contributed by atoms with Crippen LogP contribution in [0.2, 0.25) is 5.02 Å². The molecule has 1 aromatic carbocycles. The zero-order chi connectivity index (χ0) is 14.8. The summed E-state index contributed by atoms with van der Waals surface area (Å²) in [7, 11) is 0. The second-order valence-corrected chi connectivity index (χ2v) is 5.31. The number of aryl methyl sites for hydroxylation is 2. The standard InChI is InChI=1S/C16H15ClN4/c1-10-8-14(17)16(13-4-3-6-19-15(10)13)20-9-12-5-7-18-11(2)21-12/h3-8,20H,9H2,1-2H3. The van der Waals surface area contributed by atoms with Crippen molar-refractivity contribution in [3.63, 3.8) is 0 Å². The van der Waals surface area contributed by atoms with E-state index in [0.717, 1.165) is 33.7 Å². The predicted octanol–water partition coefficient (Wildman–Crippen LogP) is 3.91. The normalized spacial score (nSPS) is 10.8. The lowest BCUT2D eigenvalue weighted by Gasteiger charge is -2.13. The van der Waals surface area contributed by atoms with E-state index in [1.165, 1.54) is 0 Å². The lowest BCUT2D eigenvalue weighted by molar-refractivity contribution is 0.956. The van der Waals surface area contributed by atoms with Crippen molar-refractivity contribution in [1.29, 1.82) is 0 Å². The molecule has 21 heavy (non-hydrogen) atoms. The van der Waals surface area contributed by atoms with Gasteiger partial charge in [-0.2, -0.15) is 0 Å². The van der Waals surface area contributed by atoms with E-state index in [0.29, 0.717) is 11.6 Å². The SMILES string of the molecule is Cc1nccc(CNc2c(Cl)cc(C)c3ncccc23)n1. The molecule has 0 bridgehead atoms. The number of pyridine rings is 1. The minimum atomic E-state index is 0.593. The van der Waals surface area contributed by atoms with E-state index in [9.17, 15) is 0 Å². The van der Waals surface area contributed by atoms with Crippen LogP contribution in [-0.4, -0.2) is 15.0 Å². The summed E-state index contributed by atoms with van der Waals surface area (Å²) in [6.45, 7) is 4.48. The number of nitrogens with one attached hydrogen (secondary N) is 1. The van der Waals surface area contributed by atoms with Gasteiger partial charge in [-0.1, -0.05) is 11.6 Å². The van der Waals surface area contributed by atoms with Crippen LogP contribution in [0.3, 0.4) is 0 Å². The van der Waals surface area contributed by atoms with Gasteiger partial charge in [0, 0.05) is 17.8 Å². The first-order valence-corrected chi connectivity index (χ1v) is 7.09. The summed E-state index contributed by atoms with van der Waals surface area (Å²) in [4.78, 5) is 12.9. The summed E-state index contributed by atoms with van der Waals surface area (Å²) >= 11 is 6.38. The molecule has 0 aliphatic carbocycles. The van der Waals surface area contributed by atoms with E-state index in [1.54, 1.807) is 12.4 Å². The molecule has 106 valence electrons. The summed E-state index contributed by atoms with van der Waals surface area (Å²) in [5.41, 5.74) is 3.85. The molecule has 2 aromatic heterocycles. The molecule has 0 spiro atoms. The van der Waals surface area contributed by atoms with Crippen LogP contribution in [0.1, 0.15) is 17.1 Å². The summed E-state index contributed by atoms with van der Waals surface area (Å²) in [5.74, 6) is 0.760. The van der Waals surface area contributed by atoms with Crippen molar-refractivity contribution < 1.29 is 0 Å². The lowest BCUT2D eigenvalue weighted by Crippen LogP contribution is -2.04. The number of nitrogens with zero attached hydrogens (tertiary/aromatic N) is 3. The Balaban J connectivity index is 1.97. The fourth-order valence-corrected chi connectivity index (χ4v) is 2.68. The molecule has 0 saturated carbocycles. The molecule has 1 N–H and O–H groups in total. The molecule has 0 radical (unpaired) electrons. The maximum absolute atomic E-state index is 6.38. The highest BCUT2D eigenvalue weighted by Gasteiger charge is 2.09. The minimum absolute atomic E-state index is 0.593. The van der Waals surface area contributed by atoms with Crippen molar-refractivity contribution in [1.82, 2.24) is 15.0 Å². The monoisotopic (exact) mass is 298 g/mol. The topological polar surface area (TPSA) is 50.7 Å². The van der Waals surface area contributed by atoms with Gasteiger partial charge in [-0.05, 0) is 43.7 Å². The van der Waals surface area contributed by atoms with Gasteiger partial charge in [0.1, 0.15) is 5.82 Å². The van der Waals surface area contributed by atoms with Gasteiger partial charge in [-0.15, -0.1) is 0 Å². The molecule has 0 unspecified atom stereocenters. The third kappa shape index (κ3) is 2.81. The van der Waals surface area contributed by atoms with E-state index in [1.807, 2.05) is 38.1 Å². The Morgan fingerprint density at radius 1 is 1.14 bits per heavy atom. The third-order valence-electron chi connectivity index (χ3n) is 3.31. The Labute approximate surface area is 128 Å². The van der Waals surface area contributed by atoms with E-state index in [4.69, 9.17) is 11.6 Å². The van der Waals surface area contributed by atoms with Crippen molar-refractivity contribution in [3.05, 3.63) is 58.8 Å². The average molecular weight is 299 g/mol. The fraction of sp³-hybridized carbons (Fsp3) is 0.188. The molecule has 0 saturated heterocycles. The van der Waals surface area contributed by atoms with Gasteiger partial charge < -0.3 is 5.32 Å². The first kappa shape index (κ1) is 13.8. The van der Waals surface area contributed by atoms with Gasteiger partial charge in [0.05, 0.1) is 28.5 Å². The van der Waals surface area contributed by atoms with Crippen molar-refractivity contribution in [2.24, 2.45) is 0 Å². The smallest absolute Gasteiger partial charge is 0.125 e. The van der Waals surface area contributed by atoms with Gasteiger partial charge in [0.15, 0.2) is 0 Å². The van der Waals surface area contributed by atoms with Gasteiger partial charge in [-0.3, -0.25) is 4.98 Å². The molecular weight excluding hydrogens is 284 g/mol. The van der Waals surface area contributed by atoms with Crippen LogP contribution < -0.4 is 5.32 Å². The number of halogens is 1. The number of fused-ring (bicyclic) bond motifs is 1. The van der Waals surface area contributed by atoms with Crippen molar-refractivity contribution in [2.45, 2.75) is 20.4 Å². The molecular formula is C16H15ClN4. The number of aromatic nitrogens is 3. The van der Waals surface area contributed by atoms with Crippen LogP contribution in [-0.2, 0) is 6.54 Å². The highest BCUT2D eigenvalue weighted by molar-refractivity contribution is 6.35. The predicted molar refractivity (Wildman–Crippen MR) is 85.6 cm³/mol. The van der Waals surface area contributed by atoms with Crippen LogP contribution in [0.15, 0.2) is 36.7 Å². The maximum Gasteiger partial charge on any atom is 0.125 e. The summed E-state index contributed by atoms with van der Waals surface area (Å²) in [6.07, 6.45) is 3.55. The molecule has 0 aliphatic heterocycles. The summed E-state index contributed by atoms with van der Waals surface area (Å²) in [5, 5.41) is 5.08. The van der Waals surface area contributed by atoms with Gasteiger partial charge in [-0.25, -0.2) is 9.97 Å². The van der Waals surface area contributed by atoms with E-state index in [2.05, 4.69) is 20.3 Å². The molecule has 0 fully saturated rings. The zero-order valence-electron chi connectivity index (χ0n) is 11.9. The number of hydrogen-bond acceptors (Lipinski definition) is 4. The van der Waals surface area contributed by atoms with Crippen molar-refractivity contribution in [3.8, 4) is 0 Å². The number of anilines is 1. The zero-order valence-corrected chi connectivity index (χ0v) is 12.6. The maximum atomic E-state index is 6.38. The van der Waals surface area contributed by atoms with Crippen LogP contribution in [0.25, 0.3) is 10.9 Å². The Hall–Kier alpha value is -2.20. The fourth-order valence-electron chi connectivity index (χ4n) is 2.34. The second kappa shape index (κ2) is 5.66. The number of rotatable bonds is 3. The first-order chi connectivity index (χ1) is 10.1. The van der Waals surface area contributed by atoms with Crippen LogP contribution in [0, 0.1) is 13.8 Å². The van der Waals surface area contributed by atoms with Crippen molar-refractivity contribution in [2.75, 3.05) is 5.32 Å². The average Bonchev–Trinajstić information content (AvgIpc) is 2.47. The molecule has 4 nitrogen and oxygen atoms in total. The molecule has 2 heterocycles. The number of benzene rings is 1. The second-order valence-electron chi connectivity index (χ2n) is 4.90. The van der Waals surface area contributed by atoms with E-state index in [-0.39, 0.29) is 0 Å². The quantitative estimate of drug-likeness (QED) is 0.796. The highest BCUT2D eigenvalue weighted by atomic mass is 35.5. The van der Waals surface area contributed by atoms with Gasteiger partial charge in [0.2, 0.25) is 0 Å². The van der Waals surface area contributed by atoms with E-state index < -0.39 is 0 Å². The largest absolute Gasteiger partial charge is 0.378 e. The number of hydrogen-bond donors (Lipinski definition) is 1. The first-order valence-electron chi connectivity index (χ1n) is 6.71. The minimum Gasteiger partial charge on any atom is -0.378 e. The Kier molecular flexibility index (Phi) is 3.71. The Morgan fingerprint density at radius 2 is 2.00 bits per heavy atom. The third-order valence-corrected chi connectivity index (χ3v) is 3.61. The van der Waals surface area contributed by atoms with Crippen LogP contribution in [0.5, 0.6) is 0 Å². The van der Waals surface area contributed by atoms with Crippen LogP contribution in [0.4, 0.5) is 5.69 Å². The molecule has 0 amide bonds. The Bertz CT molecular complexity index is 801. The highest BCUT2D eigenvalue weighted by Crippen LogP contribution is 2.32. The van der Waals surface area contributed by atoms with Gasteiger partial charge >= 0.3 is 0 Å². The molecule has 0 atom stereocenters. The van der Waals surface area contributed by atoms with Gasteiger partial charge in [0.25, 0.3) is 0 Å². The molecule has 3 rings (SSSR count). The van der Waals surface area contributed by atoms with E-state index >= 15 is 0 Å².